The van der Waals surface area contributed by atoms with E-state index in [1.165, 1.54) is 30.2 Å². The van der Waals surface area contributed by atoms with E-state index in [-0.39, 0.29) is 19.4 Å². The Kier molecular flexibility index (Phi) is 9.33. The molecule has 308 valence electrons. The first-order valence-electron chi connectivity index (χ1n) is 20.8. The number of hydrogen-bond acceptors (Lipinski definition) is 9. The number of amides is 4. The van der Waals surface area contributed by atoms with Crippen molar-refractivity contribution >= 4 is 39.5 Å². The fourth-order valence-corrected chi connectivity index (χ4v) is 12.3. The summed E-state index contributed by atoms with van der Waals surface area (Å²) in [6, 6.07) is 13.6. The molecule has 4 amide bonds. The average Bonchev–Trinajstić information content (AvgIpc) is 4.07. The minimum atomic E-state index is -3.90. The summed E-state index contributed by atoms with van der Waals surface area (Å²) in [5, 5.41) is 9.76. The minimum Gasteiger partial charge on any atom is -0.443 e. The topological polar surface area (TPSA) is 173 Å². The summed E-state index contributed by atoms with van der Waals surface area (Å²) in [4.78, 5) is 64.4. The molecule has 13 nitrogen and oxygen atoms in total. The lowest BCUT2D eigenvalue weighted by Crippen LogP contribution is -2.61. The SMILES string of the molecule is C=C[C@@H]1C[C@@]1(NC(=O)[C@@H]1C[C@@H](ON=C2c3ccccc3-c3ccccc32)CN1C(=O)[C@@H](NC(=O)OC12CC3CC(CC(C3)C1)C2)C(C)(C)C)C(=O)NS(=O)(=O)C1CC1. The number of ether oxygens (including phenoxy) is 1. The monoisotopic (exact) mass is 811 g/mol. The van der Waals surface area contributed by atoms with Gasteiger partial charge in [-0.05, 0) is 92.1 Å². The van der Waals surface area contributed by atoms with E-state index < -0.39 is 79.7 Å². The van der Waals surface area contributed by atoms with Gasteiger partial charge in [-0.25, -0.2) is 13.2 Å². The standard InChI is InChI=1S/C44H53N5O8S/c1-5-28-23-44(28,40(52)48-58(54,55)30-14-15-30)46-38(50)35-19-29(57-47-36-33-12-8-6-10-31(33)32-11-7-9-13-34(32)36)24-49(35)39(51)37(42(2,3)4)45-41(53)56-43-20-25-16-26(21-43)18-27(17-25)22-43/h5-13,25-30,35,37H,1,14-24H2,2-4H3,(H,45,53)(H,46,50)(H,48,52)/t25?,26?,27?,28-,29-,35+,37-,43?,44+/m1/s1. The Morgan fingerprint density at radius 1 is 0.879 bits per heavy atom. The molecule has 1 saturated heterocycles. The average molecular weight is 812 g/mol. The van der Waals surface area contributed by atoms with Crippen LogP contribution in [0.25, 0.3) is 11.1 Å². The van der Waals surface area contributed by atoms with Crippen LogP contribution in [0, 0.1) is 29.1 Å². The van der Waals surface area contributed by atoms with Crippen molar-refractivity contribution in [2.75, 3.05) is 6.54 Å². The van der Waals surface area contributed by atoms with E-state index in [9.17, 15) is 27.6 Å². The number of fused-ring (bicyclic) bond motifs is 3. The molecule has 8 aliphatic rings. The van der Waals surface area contributed by atoms with Gasteiger partial charge < -0.3 is 25.1 Å². The van der Waals surface area contributed by atoms with Gasteiger partial charge in [0, 0.05) is 23.5 Å². The van der Waals surface area contributed by atoms with Crippen LogP contribution in [0.15, 0.2) is 66.3 Å². The highest BCUT2D eigenvalue weighted by Crippen LogP contribution is 2.57. The molecule has 1 heterocycles. The van der Waals surface area contributed by atoms with Gasteiger partial charge in [0.05, 0.1) is 11.8 Å². The molecule has 1 aliphatic heterocycles. The number of nitrogens with one attached hydrogen (secondary N) is 3. The Balaban J connectivity index is 0.980. The molecule has 0 spiro atoms. The second-order valence-corrected chi connectivity index (χ2v) is 21.1. The highest BCUT2D eigenvalue weighted by atomic mass is 32.2. The third-order valence-electron chi connectivity index (χ3n) is 13.7. The summed E-state index contributed by atoms with van der Waals surface area (Å²) in [5.74, 6) is -0.816. The van der Waals surface area contributed by atoms with Gasteiger partial charge in [-0.3, -0.25) is 19.1 Å². The smallest absolute Gasteiger partial charge is 0.408 e. The summed E-state index contributed by atoms with van der Waals surface area (Å²) in [6.45, 7) is 9.32. The Labute approximate surface area is 339 Å². The molecule has 7 fully saturated rings. The van der Waals surface area contributed by atoms with Crippen molar-refractivity contribution in [3.63, 3.8) is 0 Å². The number of sulfonamides is 1. The van der Waals surface area contributed by atoms with Gasteiger partial charge in [0.2, 0.25) is 21.8 Å². The molecule has 10 rings (SSSR count). The van der Waals surface area contributed by atoms with Crippen molar-refractivity contribution in [1.29, 1.82) is 0 Å². The van der Waals surface area contributed by atoms with Crippen LogP contribution in [0.5, 0.6) is 0 Å². The highest BCUT2D eigenvalue weighted by Gasteiger charge is 2.62. The predicted molar refractivity (Wildman–Crippen MR) is 216 cm³/mol. The second kappa shape index (κ2) is 13.9. The third-order valence-corrected chi connectivity index (χ3v) is 15.5. The first-order chi connectivity index (χ1) is 27.6. The molecule has 3 N–H and O–H groups in total. The fourth-order valence-electron chi connectivity index (χ4n) is 10.9. The van der Waals surface area contributed by atoms with E-state index in [4.69, 9.17) is 9.57 Å². The lowest BCUT2D eigenvalue weighted by atomic mass is 9.54. The van der Waals surface area contributed by atoms with Gasteiger partial charge in [-0.15, -0.1) is 6.58 Å². The molecule has 2 aromatic rings. The largest absolute Gasteiger partial charge is 0.443 e. The van der Waals surface area contributed by atoms with E-state index in [0.717, 1.165) is 41.5 Å². The van der Waals surface area contributed by atoms with Crippen molar-refractivity contribution < 1.29 is 37.2 Å². The van der Waals surface area contributed by atoms with Crippen LogP contribution in [-0.4, -0.2) is 84.0 Å². The van der Waals surface area contributed by atoms with Crippen LogP contribution >= 0.6 is 0 Å². The molecule has 5 atom stereocenters. The maximum absolute atomic E-state index is 14.9. The van der Waals surface area contributed by atoms with Crippen molar-refractivity contribution in [3.8, 4) is 11.1 Å². The zero-order valence-corrected chi connectivity index (χ0v) is 34.2. The summed E-state index contributed by atoms with van der Waals surface area (Å²) < 4.78 is 34.1. The van der Waals surface area contributed by atoms with Crippen molar-refractivity contribution in [1.82, 2.24) is 20.3 Å². The zero-order valence-electron chi connectivity index (χ0n) is 33.4. The molecular formula is C44H53N5O8S. The maximum atomic E-state index is 14.9. The van der Waals surface area contributed by atoms with Crippen molar-refractivity contribution in [3.05, 3.63) is 72.3 Å². The molecule has 14 heteroatoms. The molecule has 0 unspecified atom stereocenters. The molecule has 7 aliphatic carbocycles. The third kappa shape index (κ3) is 6.98. The predicted octanol–water partition coefficient (Wildman–Crippen LogP) is 5.18. The summed E-state index contributed by atoms with van der Waals surface area (Å²) in [6.07, 6.45) is 7.35. The van der Waals surface area contributed by atoms with Gasteiger partial charge in [-0.2, -0.15) is 0 Å². The number of hydrogen-bond donors (Lipinski definition) is 3. The van der Waals surface area contributed by atoms with Crippen LogP contribution in [-0.2, 0) is 34.0 Å². The van der Waals surface area contributed by atoms with Crippen LogP contribution in [0.4, 0.5) is 4.79 Å². The molecule has 6 saturated carbocycles. The van der Waals surface area contributed by atoms with E-state index in [0.29, 0.717) is 36.3 Å². The Morgan fingerprint density at radius 2 is 1.45 bits per heavy atom. The van der Waals surface area contributed by atoms with E-state index in [2.05, 4.69) is 27.1 Å². The van der Waals surface area contributed by atoms with E-state index in [1.54, 1.807) is 0 Å². The number of benzene rings is 2. The van der Waals surface area contributed by atoms with Gasteiger partial charge >= 0.3 is 6.09 Å². The lowest BCUT2D eigenvalue weighted by molar-refractivity contribution is -0.144. The van der Waals surface area contributed by atoms with Crippen molar-refractivity contribution in [2.45, 2.75) is 120 Å². The first-order valence-corrected chi connectivity index (χ1v) is 22.4. The van der Waals surface area contributed by atoms with E-state index in [1.807, 2.05) is 69.3 Å². The van der Waals surface area contributed by atoms with Gasteiger partial charge in [0.25, 0.3) is 5.91 Å². The molecular weight excluding hydrogens is 759 g/mol. The fraction of sp³-hybridized carbons (Fsp3) is 0.568. The number of nitrogens with zero attached hydrogens (tertiary/aromatic N) is 2. The number of oxime groups is 1. The normalized spacial score (nSPS) is 32.1. The van der Waals surface area contributed by atoms with Gasteiger partial charge in [0.1, 0.15) is 35.0 Å². The van der Waals surface area contributed by atoms with Crippen LogP contribution in [0.1, 0.15) is 96.1 Å². The number of rotatable bonds is 11. The van der Waals surface area contributed by atoms with Crippen LogP contribution < -0.4 is 15.4 Å². The van der Waals surface area contributed by atoms with Gasteiger partial charge in [0.15, 0.2) is 0 Å². The zero-order chi connectivity index (χ0) is 40.8. The Morgan fingerprint density at radius 3 is 1.97 bits per heavy atom. The quantitative estimate of drug-likeness (QED) is 0.176. The Bertz CT molecular complexity index is 2130. The van der Waals surface area contributed by atoms with Crippen LogP contribution in [0.3, 0.4) is 0 Å². The maximum Gasteiger partial charge on any atom is 0.408 e. The molecule has 0 aromatic heterocycles. The molecule has 58 heavy (non-hydrogen) atoms. The summed E-state index contributed by atoms with van der Waals surface area (Å²) >= 11 is 0. The molecule has 2 aromatic carbocycles. The first kappa shape index (κ1) is 38.8. The summed E-state index contributed by atoms with van der Waals surface area (Å²) in [7, 11) is -3.90. The number of carbonyl (C=O) groups excluding carboxylic acids is 4. The molecule has 0 radical (unpaired) electrons. The number of likely N-dealkylation sites (tertiary alicyclic amines) is 1. The van der Waals surface area contributed by atoms with Crippen molar-refractivity contribution in [2.24, 2.45) is 34.2 Å². The number of carbonyl (C=O) groups is 4. The highest BCUT2D eigenvalue weighted by molar-refractivity contribution is 7.91. The lowest BCUT2D eigenvalue weighted by Gasteiger charge is -2.55. The Hall–Kier alpha value is -4.72. The summed E-state index contributed by atoms with van der Waals surface area (Å²) in [5.41, 5.74) is 1.62. The van der Waals surface area contributed by atoms with E-state index >= 15 is 0 Å². The second-order valence-electron chi connectivity index (χ2n) is 19.1. The minimum absolute atomic E-state index is 0.0308. The number of alkyl carbamates (subject to hydrolysis) is 1. The molecule has 4 bridgehead atoms. The van der Waals surface area contributed by atoms with Gasteiger partial charge in [-0.1, -0.05) is 80.5 Å². The van der Waals surface area contributed by atoms with Crippen LogP contribution in [0.2, 0.25) is 0 Å².